The van der Waals surface area contributed by atoms with Gasteiger partial charge in [-0.25, -0.2) is 0 Å². The molecule has 10 heteroatoms. The summed E-state index contributed by atoms with van der Waals surface area (Å²) < 4.78 is 12.6. The summed E-state index contributed by atoms with van der Waals surface area (Å²) in [7, 11) is 3.53. The maximum absolute atomic E-state index is 12.8. The number of hydrogen-bond acceptors (Lipinski definition) is 7. The molecular formula is C37H39ClN4O5. The van der Waals surface area contributed by atoms with Crippen LogP contribution in [0.25, 0.3) is 11.1 Å². The first-order valence-electron chi connectivity index (χ1n) is 15.3. The van der Waals surface area contributed by atoms with E-state index in [9.17, 15) is 10.1 Å². The zero-order valence-corrected chi connectivity index (χ0v) is 27.9. The molecule has 0 atom stereocenters. The highest BCUT2D eigenvalue weighted by atomic mass is 35.5. The molecule has 1 fully saturated rings. The first kappa shape index (κ1) is 35.0. The van der Waals surface area contributed by atoms with Gasteiger partial charge in [-0.15, -0.1) is 0 Å². The van der Waals surface area contributed by atoms with Gasteiger partial charge in [0.15, 0.2) is 0 Å². The van der Waals surface area contributed by atoms with Gasteiger partial charge in [-0.3, -0.25) is 19.5 Å². The molecule has 1 amide bonds. The summed E-state index contributed by atoms with van der Waals surface area (Å²) >= 11 is 6.79. The zero-order chi connectivity index (χ0) is 33.9. The van der Waals surface area contributed by atoms with Crippen molar-refractivity contribution in [1.29, 1.82) is 5.26 Å². The van der Waals surface area contributed by atoms with E-state index in [1.54, 1.807) is 31.3 Å². The highest BCUT2D eigenvalue weighted by Crippen LogP contribution is 2.36. The Bertz CT molecular complexity index is 1760. The van der Waals surface area contributed by atoms with Gasteiger partial charge in [0.05, 0.1) is 10.6 Å². The molecule has 5 rings (SSSR count). The average molecular weight is 655 g/mol. The van der Waals surface area contributed by atoms with Gasteiger partial charge in [0.2, 0.25) is 0 Å². The van der Waals surface area contributed by atoms with E-state index in [1.165, 1.54) is 19.0 Å². The Morgan fingerprint density at radius 2 is 1.64 bits per heavy atom. The molecule has 3 aromatic carbocycles. The third-order valence-electron chi connectivity index (χ3n) is 8.12. The largest absolute Gasteiger partial charge is 0.488 e. The number of halogens is 1. The Morgan fingerprint density at radius 1 is 0.979 bits per heavy atom. The summed E-state index contributed by atoms with van der Waals surface area (Å²) in [6.07, 6.45) is 5.62. The fourth-order valence-corrected chi connectivity index (χ4v) is 5.84. The van der Waals surface area contributed by atoms with Crippen LogP contribution in [0.4, 0.5) is 0 Å². The van der Waals surface area contributed by atoms with Crippen LogP contribution in [0, 0.1) is 25.2 Å². The maximum Gasteiger partial charge on any atom is 0.290 e. The SMILES string of the molecule is Cc1c(COc2cc(OCc3cncc(C#N)c3)c(CN3CCCC3)cc2Cl)cccc1-c1cccc(C(=O)N(C)C)c1C.O=CO. The molecule has 1 aliphatic heterocycles. The molecule has 244 valence electrons. The molecule has 0 unspecified atom stereocenters. The van der Waals surface area contributed by atoms with Gasteiger partial charge < -0.3 is 19.5 Å². The number of carbonyl (C=O) groups is 2. The molecule has 47 heavy (non-hydrogen) atoms. The summed E-state index contributed by atoms with van der Waals surface area (Å²) in [6.45, 7) is 7.23. The maximum atomic E-state index is 12.8. The summed E-state index contributed by atoms with van der Waals surface area (Å²) in [5.74, 6) is 1.22. The van der Waals surface area contributed by atoms with Crippen LogP contribution < -0.4 is 9.47 Å². The molecule has 2 heterocycles. The van der Waals surface area contributed by atoms with Crippen molar-refractivity contribution in [2.45, 2.75) is 46.4 Å². The molecule has 9 nitrogen and oxygen atoms in total. The second kappa shape index (κ2) is 16.6. The molecule has 0 radical (unpaired) electrons. The molecular weight excluding hydrogens is 616 g/mol. The van der Waals surface area contributed by atoms with Crippen molar-refractivity contribution in [3.05, 3.63) is 111 Å². The predicted molar refractivity (Wildman–Crippen MR) is 182 cm³/mol. The molecule has 0 saturated carbocycles. The number of carboxylic acid groups (broad SMARTS) is 1. The monoisotopic (exact) mass is 654 g/mol. The van der Waals surface area contributed by atoms with Crippen molar-refractivity contribution >= 4 is 24.0 Å². The van der Waals surface area contributed by atoms with Crippen molar-refractivity contribution in [1.82, 2.24) is 14.8 Å². The molecule has 1 N–H and O–H groups in total. The lowest BCUT2D eigenvalue weighted by Gasteiger charge is -2.20. The first-order chi connectivity index (χ1) is 22.7. The molecule has 0 bridgehead atoms. The number of nitriles is 1. The summed E-state index contributed by atoms with van der Waals surface area (Å²) in [4.78, 5) is 29.3. The highest BCUT2D eigenvalue weighted by Gasteiger charge is 2.19. The molecule has 0 spiro atoms. The number of carbonyl (C=O) groups excluding carboxylic acids is 1. The van der Waals surface area contributed by atoms with E-state index in [0.29, 0.717) is 34.3 Å². The van der Waals surface area contributed by atoms with Gasteiger partial charge in [0.1, 0.15) is 30.8 Å². The Hall–Kier alpha value is -4.91. The average Bonchev–Trinajstić information content (AvgIpc) is 3.58. The van der Waals surface area contributed by atoms with Crippen LogP contribution in [0.1, 0.15) is 56.6 Å². The summed E-state index contributed by atoms with van der Waals surface area (Å²) in [6, 6.07) is 19.7. The van der Waals surface area contributed by atoms with Gasteiger partial charge in [-0.1, -0.05) is 41.9 Å². The number of benzene rings is 3. The summed E-state index contributed by atoms with van der Waals surface area (Å²) in [5.41, 5.74) is 8.11. The molecule has 1 aliphatic rings. The van der Waals surface area contributed by atoms with Crippen molar-refractivity contribution in [3.8, 4) is 28.7 Å². The Balaban J connectivity index is 0.00000160. The highest BCUT2D eigenvalue weighted by molar-refractivity contribution is 6.32. The van der Waals surface area contributed by atoms with Crippen molar-refractivity contribution in [2.24, 2.45) is 0 Å². The Morgan fingerprint density at radius 3 is 2.32 bits per heavy atom. The number of likely N-dealkylation sites (tertiary alicyclic amines) is 1. The zero-order valence-electron chi connectivity index (χ0n) is 27.1. The lowest BCUT2D eigenvalue weighted by Crippen LogP contribution is -2.22. The van der Waals surface area contributed by atoms with E-state index in [0.717, 1.165) is 58.6 Å². The van der Waals surface area contributed by atoms with Gasteiger partial charge in [-0.2, -0.15) is 5.26 Å². The number of rotatable bonds is 10. The van der Waals surface area contributed by atoms with Crippen LogP contribution in [0.5, 0.6) is 11.5 Å². The van der Waals surface area contributed by atoms with Gasteiger partial charge in [0, 0.05) is 55.8 Å². The van der Waals surface area contributed by atoms with Crippen molar-refractivity contribution < 1.29 is 24.2 Å². The molecule has 1 saturated heterocycles. The Kier molecular flexibility index (Phi) is 12.3. The quantitative estimate of drug-likeness (QED) is 0.181. The van der Waals surface area contributed by atoms with Crippen LogP contribution in [0.15, 0.2) is 67.0 Å². The lowest BCUT2D eigenvalue weighted by molar-refractivity contribution is -0.122. The predicted octanol–water partition coefficient (Wildman–Crippen LogP) is 7.05. The van der Waals surface area contributed by atoms with Crippen LogP contribution >= 0.6 is 11.6 Å². The topological polar surface area (TPSA) is 116 Å². The van der Waals surface area contributed by atoms with Gasteiger partial charge >= 0.3 is 0 Å². The van der Waals surface area contributed by atoms with E-state index in [2.05, 4.69) is 35.0 Å². The number of amides is 1. The van der Waals surface area contributed by atoms with Gasteiger partial charge in [-0.05, 0) is 85.8 Å². The molecule has 1 aromatic heterocycles. The fraction of sp³-hybridized carbons (Fsp3) is 0.297. The second-order valence-corrected chi connectivity index (χ2v) is 11.9. The van der Waals surface area contributed by atoms with Crippen molar-refractivity contribution in [2.75, 3.05) is 27.2 Å². The fourth-order valence-electron chi connectivity index (χ4n) is 5.60. The van der Waals surface area contributed by atoms with E-state index in [-0.39, 0.29) is 19.0 Å². The number of pyridine rings is 1. The number of ether oxygens (including phenoxy) is 2. The molecule has 0 aliphatic carbocycles. The van der Waals surface area contributed by atoms with Crippen LogP contribution in [-0.4, -0.2) is 59.5 Å². The third kappa shape index (κ3) is 8.88. The standard InChI is InChI=1S/C36H37ClN4O3.CH2O2/c1-24-28(9-7-10-30(24)31-11-8-12-32(25(31)2)36(42)40(3)4)23-44-35-17-34(43-22-27-15-26(18-38)19-39-20-27)29(16-33(35)37)21-41-13-5-6-14-41;2-1-3/h7-12,15-17,19-20H,5-6,13-14,21-23H2,1-4H3;1H,(H,2,3). The third-order valence-corrected chi connectivity index (χ3v) is 8.41. The second-order valence-electron chi connectivity index (χ2n) is 11.5. The van der Waals surface area contributed by atoms with Crippen LogP contribution in [-0.2, 0) is 24.6 Å². The normalized spacial score (nSPS) is 12.4. The van der Waals surface area contributed by atoms with E-state index >= 15 is 0 Å². The lowest BCUT2D eigenvalue weighted by atomic mass is 9.91. The van der Waals surface area contributed by atoms with E-state index in [1.807, 2.05) is 43.3 Å². The van der Waals surface area contributed by atoms with Gasteiger partial charge in [0.25, 0.3) is 12.4 Å². The number of nitrogens with zero attached hydrogens (tertiary/aromatic N) is 4. The first-order valence-corrected chi connectivity index (χ1v) is 15.7. The number of aromatic nitrogens is 1. The minimum absolute atomic E-state index is 0.0173. The summed E-state index contributed by atoms with van der Waals surface area (Å²) in [5, 5.41) is 16.7. The van der Waals surface area contributed by atoms with Crippen LogP contribution in [0.3, 0.4) is 0 Å². The smallest absolute Gasteiger partial charge is 0.290 e. The number of hydrogen-bond donors (Lipinski definition) is 1. The molecule has 4 aromatic rings. The van der Waals surface area contributed by atoms with Crippen molar-refractivity contribution in [3.63, 3.8) is 0 Å². The Labute approximate surface area is 280 Å². The van der Waals surface area contributed by atoms with E-state index < -0.39 is 0 Å². The van der Waals surface area contributed by atoms with E-state index in [4.69, 9.17) is 31.0 Å². The minimum atomic E-state index is -0.250. The van der Waals surface area contributed by atoms with Crippen LogP contribution in [0.2, 0.25) is 5.02 Å². The minimum Gasteiger partial charge on any atom is -0.488 e.